The summed E-state index contributed by atoms with van der Waals surface area (Å²) in [5.74, 6) is -1.22. The van der Waals surface area contributed by atoms with Crippen molar-refractivity contribution in [2.24, 2.45) is 0 Å². The normalized spacial score (nSPS) is 12.2. The Bertz CT molecular complexity index is 877. The van der Waals surface area contributed by atoms with Gasteiger partial charge in [0, 0.05) is 17.3 Å². The van der Waals surface area contributed by atoms with Crippen molar-refractivity contribution in [3.8, 4) is 0 Å². The van der Waals surface area contributed by atoms with Crippen molar-refractivity contribution < 1.29 is 14.7 Å². The third-order valence-corrected chi connectivity index (χ3v) is 3.57. The average Bonchev–Trinajstić information content (AvgIpc) is 2.61. The maximum atomic E-state index is 12.1. The quantitative estimate of drug-likeness (QED) is 0.584. The lowest BCUT2D eigenvalue weighted by Gasteiger charge is -2.04. The van der Waals surface area contributed by atoms with Crippen LogP contribution in [0.25, 0.3) is 12.2 Å². The molecular formula is C22H21NO3. The number of hydrogen-bond donors (Lipinski definition) is 2. The largest absolute Gasteiger partial charge is 0.478 e. The molecule has 0 heterocycles. The van der Waals surface area contributed by atoms with E-state index in [0.717, 1.165) is 11.1 Å². The van der Waals surface area contributed by atoms with E-state index in [0.29, 0.717) is 11.3 Å². The molecule has 0 radical (unpaired) electrons. The number of carbonyl (C=O) groups excluding carboxylic acids is 1. The maximum absolute atomic E-state index is 12.1. The summed E-state index contributed by atoms with van der Waals surface area (Å²) in [6, 6.07) is 16.9. The molecule has 0 spiro atoms. The number of nitrogens with one attached hydrogen (secondary N) is 1. The first kappa shape index (κ1) is 18.9. The number of allylic oxidation sites excluding steroid dienone is 2. The van der Waals surface area contributed by atoms with Crippen LogP contribution < -0.4 is 5.32 Å². The van der Waals surface area contributed by atoms with E-state index in [-0.39, 0.29) is 11.5 Å². The molecule has 4 nitrogen and oxygen atoms in total. The van der Waals surface area contributed by atoms with E-state index in [1.807, 2.05) is 43.3 Å². The van der Waals surface area contributed by atoms with E-state index in [1.54, 1.807) is 36.4 Å². The predicted molar refractivity (Wildman–Crippen MR) is 106 cm³/mol. The van der Waals surface area contributed by atoms with Crippen LogP contribution in [0.1, 0.15) is 25.0 Å². The van der Waals surface area contributed by atoms with Gasteiger partial charge in [0.25, 0.3) is 0 Å². The van der Waals surface area contributed by atoms with Crippen LogP contribution in [0.3, 0.4) is 0 Å². The van der Waals surface area contributed by atoms with Gasteiger partial charge in [-0.05, 0) is 43.2 Å². The number of carboxylic acids is 1. The highest BCUT2D eigenvalue weighted by atomic mass is 16.4. The molecule has 0 aliphatic heterocycles. The average molecular weight is 347 g/mol. The van der Waals surface area contributed by atoms with Crippen LogP contribution in [0.2, 0.25) is 0 Å². The number of carboxylic acid groups (broad SMARTS) is 1. The van der Waals surface area contributed by atoms with Gasteiger partial charge < -0.3 is 10.4 Å². The molecule has 0 unspecified atom stereocenters. The Hall–Kier alpha value is -3.40. The Morgan fingerprint density at radius 1 is 0.885 bits per heavy atom. The topological polar surface area (TPSA) is 66.4 Å². The maximum Gasteiger partial charge on any atom is 0.331 e. The molecule has 2 rings (SSSR count). The van der Waals surface area contributed by atoms with Crippen LogP contribution in [0.4, 0.5) is 5.69 Å². The van der Waals surface area contributed by atoms with Crippen LogP contribution in [-0.4, -0.2) is 17.0 Å². The van der Waals surface area contributed by atoms with Crippen LogP contribution in [0, 0.1) is 0 Å². The SMILES string of the molecule is CC(/C=C/C(=O)Nc1cccc(/C=C(\C)C(=O)O)c1)=C\c1ccccc1. The van der Waals surface area contributed by atoms with Gasteiger partial charge in [-0.25, -0.2) is 4.79 Å². The van der Waals surface area contributed by atoms with Crippen molar-refractivity contribution in [1.29, 1.82) is 0 Å². The van der Waals surface area contributed by atoms with Crippen LogP contribution in [-0.2, 0) is 9.59 Å². The minimum atomic E-state index is -0.969. The number of anilines is 1. The summed E-state index contributed by atoms with van der Waals surface area (Å²) < 4.78 is 0. The standard InChI is InChI=1S/C22H21NO3/c1-16(13-18-7-4-3-5-8-18)11-12-21(24)23-20-10-6-9-19(15-20)14-17(2)22(25)26/h3-15H,1-2H3,(H,23,24)(H,25,26)/b12-11+,16-13+,17-14+. The third-order valence-electron chi connectivity index (χ3n) is 3.57. The molecule has 0 atom stereocenters. The minimum Gasteiger partial charge on any atom is -0.478 e. The lowest BCUT2D eigenvalue weighted by molar-refractivity contribution is -0.132. The molecule has 132 valence electrons. The van der Waals surface area contributed by atoms with Crippen molar-refractivity contribution in [3.63, 3.8) is 0 Å². The van der Waals surface area contributed by atoms with Crippen molar-refractivity contribution >= 4 is 29.7 Å². The highest BCUT2D eigenvalue weighted by Gasteiger charge is 2.02. The van der Waals surface area contributed by atoms with E-state index in [1.165, 1.54) is 13.0 Å². The summed E-state index contributed by atoms with van der Waals surface area (Å²) in [4.78, 5) is 23.0. The second kappa shape index (κ2) is 9.18. The number of rotatable bonds is 6. The van der Waals surface area contributed by atoms with Gasteiger partial charge >= 0.3 is 5.97 Å². The Morgan fingerprint density at radius 3 is 2.27 bits per heavy atom. The zero-order valence-corrected chi connectivity index (χ0v) is 14.8. The first-order valence-electron chi connectivity index (χ1n) is 8.18. The van der Waals surface area contributed by atoms with E-state index in [9.17, 15) is 9.59 Å². The molecule has 1 amide bonds. The molecule has 0 aliphatic rings. The summed E-state index contributed by atoms with van der Waals surface area (Å²) in [7, 11) is 0. The van der Waals surface area contributed by atoms with Gasteiger partial charge in [0.05, 0.1) is 0 Å². The fraction of sp³-hybridized carbons (Fsp3) is 0.0909. The molecule has 0 bridgehead atoms. The van der Waals surface area contributed by atoms with Gasteiger partial charge in [0.2, 0.25) is 5.91 Å². The highest BCUT2D eigenvalue weighted by Crippen LogP contribution is 2.14. The zero-order chi connectivity index (χ0) is 18.9. The van der Waals surface area contributed by atoms with Crippen molar-refractivity contribution in [2.45, 2.75) is 13.8 Å². The van der Waals surface area contributed by atoms with E-state index in [4.69, 9.17) is 5.11 Å². The van der Waals surface area contributed by atoms with Gasteiger partial charge in [-0.1, -0.05) is 60.2 Å². The van der Waals surface area contributed by atoms with Gasteiger partial charge in [-0.15, -0.1) is 0 Å². The lowest BCUT2D eigenvalue weighted by atomic mass is 10.1. The van der Waals surface area contributed by atoms with E-state index >= 15 is 0 Å². The van der Waals surface area contributed by atoms with Crippen LogP contribution >= 0.6 is 0 Å². The van der Waals surface area contributed by atoms with Gasteiger partial charge in [-0.3, -0.25) is 4.79 Å². The third kappa shape index (κ3) is 6.24. The van der Waals surface area contributed by atoms with Gasteiger partial charge in [-0.2, -0.15) is 0 Å². The molecule has 2 aromatic carbocycles. The summed E-state index contributed by atoms with van der Waals surface area (Å²) in [5, 5.41) is 11.7. The summed E-state index contributed by atoms with van der Waals surface area (Å²) in [5.41, 5.74) is 3.58. The minimum absolute atomic E-state index is 0.232. The fourth-order valence-corrected chi connectivity index (χ4v) is 2.27. The first-order valence-corrected chi connectivity index (χ1v) is 8.18. The Balaban J connectivity index is 2.02. The summed E-state index contributed by atoms with van der Waals surface area (Å²) >= 11 is 0. The number of amides is 1. The summed E-state index contributed by atoms with van der Waals surface area (Å²) in [6.07, 6.45) is 6.77. The Kier molecular flexibility index (Phi) is 6.68. The smallest absolute Gasteiger partial charge is 0.331 e. The first-order chi connectivity index (χ1) is 12.4. The van der Waals surface area contributed by atoms with E-state index < -0.39 is 5.97 Å². The van der Waals surface area contributed by atoms with Gasteiger partial charge in [0.15, 0.2) is 0 Å². The second-order valence-corrected chi connectivity index (χ2v) is 5.88. The predicted octanol–water partition coefficient (Wildman–Crippen LogP) is 4.77. The van der Waals surface area contributed by atoms with Crippen molar-refractivity contribution in [2.75, 3.05) is 5.32 Å². The number of carbonyl (C=O) groups is 2. The molecule has 0 aromatic heterocycles. The van der Waals surface area contributed by atoms with Crippen molar-refractivity contribution in [3.05, 3.63) is 89.0 Å². The molecular weight excluding hydrogens is 326 g/mol. The lowest BCUT2D eigenvalue weighted by Crippen LogP contribution is -2.07. The molecule has 0 saturated heterocycles. The fourth-order valence-electron chi connectivity index (χ4n) is 2.27. The summed E-state index contributed by atoms with van der Waals surface area (Å²) in [6.45, 7) is 3.45. The zero-order valence-electron chi connectivity index (χ0n) is 14.8. The molecule has 26 heavy (non-hydrogen) atoms. The molecule has 2 aromatic rings. The molecule has 2 N–H and O–H groups in total. The van der Waals surface area contributed by atoms with Crippen molar-refractivity contribution in [1.82, 2.24) is 0 Å². The highest BCUT2D eigenvalue weighted by molar-refractivity contribution is 6.00. The second-order valence-electron chi connectivity index (χ2n) is 5.88. The molecule has 4 heteroatoms. The molecule has 0 saturated carbocycles. The van der Waals surface area contributed by atoms with Crippen LogP contribution in [0.5, 0.6) is 0 Å². The number of benzene rings is 2. The Morgan fingerprint density at radius 2 is 1.58 bits per heavy atom. The monoisotopic (exact) mass is 347 g/mol. The van der Waals surface area contributed by atoms with Crippen LogP contribution in [0.15, 0.2) is 77.9 Å². The molecule has 0 aliphatic carbocycles. The van der Waals surface area contributed by atoms with Gasteiger partial charge in [0.1, 0.15) is 0 Å². The molecule has 0 fully saturated rings. The Labute approximate surface area is 153 Å². The number of aliphatic carboxylic acids is 1. The number of hydrogen-bond acceptors (Lipinski definition) is 2. The van der Waals surface area contributed by atoms with E-state index in [2.05, 4.69) is 5.32 Å².